The summed E-state index contributed by atoms with van der Waals surface area (Å²) in [7, 11) is 0. The van der Waals surface area contributed by atoms with E-state index in [1.807, 2.05) is 13.8 Å². The van der Waals surface area contributed by atoms with Crippen molar-refractivity contribution in [3.63, 3.8) is 0 Å². The molecule has 0 N–H and O–H groups in total. The summed E-state index contributed by atoms with van der Waals surface area (Å²) in [5.41, 5.74) is 2.45. The predicted molar refractivity (Wildman–Crippen MR) is 77.8 cm³/mol. The molecular weight excluding hydrogens is 328 g/mol. The number of aryl methyl sites for hydroxylation is 1. The van der Waals surface area contributed by atoms with Gasteiger partial charge in [0, 0.05) is 11.3 Å². The normalized spacial score (nSPS) is 14.9. The molecule has 0 aliphatic heterocycles. The summed E-state index contributed by atoms with van der Waals surface area (Å²) >= 11 is 4.79. The molecule has 0 aromatic carbocycles. The van der Waals surface area contributed by atoms with E-state index in [1.165, 1.54) is 11.5 Å². The topological polar surface area (TPSA) is 52.1 Å². The smallest absolute Gasteiger partial charge is 0.340 e. The van der Waals surface area contributed by atoms with Crippen molar-refractivity contribution >= 4 is 43.6 Å². The molecule has 0 saturated heterocycles. The van der Waals surface area contributed by atoms with Crippen LogP contribution in [-0.4, -0.2) is 21.9 Å². The standard InChI is InChI=1S/C13H13BrN2O2S/c1-3-18-13(17)8-6(2)9-11(14)16-19-12(9)15-10(8)7-4-5-7/h7H,3-5H2,1-2H3. The SMILES string of the molecule is CCOC(=O)c1c(C2CC2)nc2snc(Br)c2c1C. The first-order valence-corrected chi connectivity index (χ1v) is 7.82. The van der Waals surface area contributed by atoms with Crippen molar-refractivity contribution < 1.29 is 9.53 Å². The molecule has 0 unspecified atom stereocenters. The quantitative estimate of drug-likeness (QED) is 0.797. The first-order chi connectivity index (χ1) is 9.13. The third-order valence-corrected chi connectivity index (χ3v) is 4.85. The fraction of sp³-hybridized carbons (Fsp3) is 0.462. The largest absolute Gasteiger partial charge is 0.462 e. The summed E-state index contributed by atoms with van der Waals surface area (Å²) in [5, 5.41) is 0.928. The van der Waals surface area contributed by atoms with Gasteiger partial charge in [-0.2, -0.15) is 4.37 Å². The lowest BCUT2D eigenvalue weighted by atomic mass is 10.0. The van der Waals surface area contributed by atoms with E-state index in [0.29, 0.717) is 18.1 Å². The predicted octanol–water partition coefficient (Wildman–Crippen LogP) is 3.82. The molecule has 1 saturated carbocycles. The van der Waals surface area contributed by atoms with Gasteiger partial charge in [-0.3, -0.25) is 0 Å². The summed E-state index contributed by atoms with van der Waals surface area (Å²) in [5.74, 6) is 0.137. The number of carbonyl (C=O) groups excluding carboxylic acids is 1. The van der Waals surface area contributed by atoms with Gasteiger partial charge in [-0.25, -0.2) is 9.78 Å². The maximum absolute atomic E-state index is 12.2. The van der Waals surface area contributed by atoms with Crippen LogP contribution in [-0.2, 0) is 4.74 Å². The molecule has 2 aromatic rings. The fourth-order valence-electron chi connectivity index (χ4n) is 2.25. The van der Waals surface area contributed by atoms with Crippen LogP contribution < -0.4 is 0 Å². The summed E-state index contributed by atoms with van der Waals surface area (Å²) in [6.45, 7) is 4.14. The number of ether oxygens (including phenoxy) is 1. The monoisotopic (exact) mass is 340 g/mol. The van der Waals surface area contributed by atoms with Gasteiger partial charge in [0.2, 0.25) is 0 Å². The summed E-state index contributed by atoms with van der Waals surface area (Å²) < 4.78 is 10.2. The fourth-order valence-corrected chi connectivity index (χ4v) is 3.82. The molecule has 0 atom stereocenters. The summed E-state index contributed by atoms with van der Waals surface area (Å²) in [4.78, 5) is 17.7. The van der Waals surface area contributed by atoms with E-state index in [9.17, 15) is 4.79 Å². The molecule has 6 heteroatoms. The molecule has 4 nitrogen and oxygen atoms in total. The highest BCUT2D eigenvalue weighted by Gasteiger charge is 2.33. The average Bonchev–Trinajstić information content (AvgIpc) is 3.14. The molecule has 2 heterocycles. The van der Waals surface area contributed by atoms with Crippen molar-refractivity contribution in [2.75, 3.05) is 6.61 Å². The van der Waals surface area contributed by atoms with Crippen LogP contribution in [0.3, 0.4) is 0 Å². The van der Waals surface area contributed by atoms with E-state index in [2.05, 4.69) is 25.3 Å². The molecule has 100 valence electrons. The second-order valence-corrected chi connectivity index (χ2v) is 6.15. The molecule has 1 fully saturated rings. The van der Waals surface area contributed by atoms with Crippen molar-refractivity contribution in [2.24, 2.45) is 0 Å². The molecule has 0 amide bonds. The Balaban J connectivity index is 2.25. The van der Waals surface area contributed by atoms with E-state index in [0.717, 1.165) is 38.9 Å². The molecule has 0 spiro atoms. The van der Waals surface area contributed by atoms with Gasteiger partial charge in [0.15, 0.2) is 0 Å². The Morgan fingerprint density at radius 2 is 2.26 bits per heavy atom. The Morgan fingerprint density at radius 3 is 2.89 bits per heavy atom. The van der Waals surface area contributed by atoms with Crippen LogP contribution in [0.1, 0.15) is 47.3 Å². The number of hydrogen-bond acceptors (Lipinski definition) is 5. The number of aromatic nitrogens is 2. The van der Waals surface area contributed by atoms with Crippen molar-refractivity contribution in [3.05, 3.63) is 21.4 Å². The van der Waals surface area contributed by atoms with Crippen molar-refractivity contribution in [1.82, 2.24) is 9.36 Å². The van der Waals surface area contributed by atoms with Crippen LogP contribution >= 0.6 is 27.5 Å². The molecule has 19 heavy (non-hydrogen) atoms. The number of esters is 1. The van der Waals surface area contributed by atoms with E-state index >= 15 is 0 Å². The zero-order valence-electron chi connectivity index (χ0n) is 10.7. The van der Waals surface area contributed by atoms with Crippen LogP contribution in [0.2, 0.25) is 0 Å². The van der Waals surface area contributed by atoms with Crippen LogP contribution in [0.5, 0.6) is 0 Å². The Hall–Kier alpha value is -1.01. The molecule has 1 aliphatic carbocycles. The Morgan fingerprint density at radius 1 is 1.53 bits per heavy atom. The van der Waals surface area contributed by atoms with Gasteiger partial charge in [-0.1, -0.05) is 0 Å². The molecular formula is C13H13BrN2O2S. The van der Waals surface area contributed by atoms with Gasteiger partial charge in [-0.15, -0.1) is 0 Å². The first kappa shape index (κ1) is 13.0. The maximum Gasteiger partial charge on any atom is 0.340 e. The number of pyridine rings is 1. The second kappa shape index (κ2) is 4.83. The lowest BCUT2D eigenvalue weighted by Gasteiger charge is -2.11. The molecule has 3 rings (SSSR count). The van der Waals surface area contributed by atoms with Gasteiger partial charge in [0.25, 0.3) is 0 Å². The van der Waals surface area contributed by atoms with Gasteiger partial charge in [0.05, 0.1) is 17.9 Å². The zero-order valence-corrected chi connectivity index (χ0v) is 13.1. The Kier molecular flexibility index (Phi) is 3.30. The van der Waals surface area contributed by atoms with E-state index < -0.39 is 0 Å². The minimum absolute atomic E-state index is 0.269. The van der Waals surface area contributed by atoms with Crippen LogP contribution in [0.25, 0.3) is 10.2 Å². The maximum atomic E-state index is 12.2. The Bertz CT molecular complexity index is 664. The van der Waals surface area contributed by atoms with E-state index in [-0.39, 0.29) is 5.97 Å². The number of hydrogen-bond donors (Lipinski definition) is 0. The minimum Gasteiger partial charge on any atom is -0.462 e. The lowest BCUT2D eigenvalue weighted by Crippen LogP contribution is -2.11. The molecule has 1 aliphatic rings. The third-order valence-electron chi connectivity index (χ3n) is 3.30. The molecule has 0 radical (unpaired) electrons. The van der Waals surface area contributed by atoms with Gasteiger partial charge < -0.3 is 4.74 Å². The summed E-state index contributed by atoms with van der Waals surface area (Å²) in [6.07, 6.45) is 2.20. The average molecular weight is 341 g/mol. The van der Waals surface area contributed by atoms with Gasteiger partial charge in [0.1, 0.15) is 9.43 Å². The number of nitrogens with zero attached hydrogens (tertiary/aromatic N) is 2. The highest BCUT2D eigenvalue weighted by atomic mass is 79.9. The Labute approximate surface area is 123 Å². The first-order valence-electron chi connectivity index (χ1n) is 6.26. The molecule has 0 bridgehead atoms. The van der Waals surface area contributed by atoms with Gasteiger partial charge in [-0.05, 0) is 59.7 Å². The molecule has 2 aromatic heterocycles. The van der Waals surface area contributed by atoms with E-state index in [1.54, 1.807) is 0 Å². The second-order valence-electron chi connectivity index (χ2n) is 4.65. The minimum atomic E-state index is -0.269. The van der Waals surface area contributed by atoms with Crippen molar-refractivity contribution in [2.45, 2.75) is 32.6 Å². The lowest BCUT2D eigenvalue weighted by molar-refractivity contribution is 0.0524. The van der Waals surface area contributed by atoms with Crippen molar-refractivity contribution in [3.8, 4) is 0 Å². The highest BCUT2D eigenvalue weighted by molar-refractivity contribution is 9.10. The van der Waals surface area contributed by atoms with Crippen LogP contribution in [0.15, 0.2) is 4.60 Å². The van der Waals surface area contributed by atoms with Crippen LogP contribution in [0, 0.1) is 6.92 Å². The van der Waals surface area contributed by atoms with E-state index in [4.69, 9.17) is 4.74 Å². The number of rotatable bonds is 3. The number of halogens is 1. The number of carbonyl (C=O) groups is 1. The van der Waals surface area contributed by atoms with Gasteiger partial charge >= 0.3 is 5.97 Å². The summed E-state index contributed by atoms with van der Waals surface area (Å²) in [6, 6.07) is 0. The van der Waals surface area contributed by atoms with Crippen LogP contribution in [0.4, 0.5) is 0 Å². The number of fused-ring (bicyclic) bond motifs is 1. The third kappa shape index (κ3) is 2.17. The zero-order chi connectivity index (χ0) is 13.6. The van der Waals surface area contributed by atoms with Crippen molar-refractivity contribution in [1.29, 1.82) is 0 Å². The highest BCUT2D eigenvalue weighted by Crippen LogP contribution is 2.44.